The van der Waals surface area contributed by atoms with Crippen LogP contribution in [0, 0.1) is 11.3 Å². The van der Waals surface area contributed by atoms with Gasteiger partial charge in [0.25, 0.3) is 0 Å². The highest BCUT2D eigenvalue weighted by Gasteiger charge is 2.65. The lowest BCUT2D eigenvalue weighted by atomic mass is 9.63. The topological polar surface area (TPSA) is 115 Å². The molecule has 31 heavy (non-hydrogen) atoms. The normalized spacial score (nSPS) is 22.7. The lowest BCUT2D eigenvalue weighted by Crippen LogP contribution is -2.56. The molecule has 1 amide bonds. The van der Waals surface area contributed by atoms with Crippen molar-refractivity contribution >= 4 is 29.4 Å². The lowest BCUT2D eigenvalue weighted by Gasteiger charge is -2.40. The first kappa shape index (κ1) is 22.5. The average Bonchev–Trinajstić information content (AvgIpc) is 2.93. The Bertz CT molecular complexity index is 975. The molecule has 166 valence electrons. The molecule has 8 heteroatoms. The largest absolute Gasteiger partial charge is 0.462 e. The Kier molecular flexibility index (Phi) is 5.93. The number of carbonyl (C=O) groups excluding carboxylic acids is 3. The highest BCUT2D eigenvalue weighted by molar-refractivity contribution is 6.21. The van der Waals surface area contributed by atoms with Crippen LogP contribution in [0.5, 0.6) is 0 Å². The summed E-state index contributed by atoms with van der Waals surface area (Å²) >= 11 is 0. The molecule has 1 aromatic rings. The van der Waals surface area contributed by atoms with Crippen molar-refractivity contribution in [3.05, 3.63) is 41.2 Å². The van der Waals surface area contributed by atoms with Gasteiger partial charge in [-0.3, -0.25) is 15.0 Å². The number of benzene rings is 1. The summed E-state index contributed by atoms with van der Waals surface area (Å²) in [6.45, 7) is 8.70. The molecule has 2 atom stereocenters. The molecule has 0 saturated carbocycles. The van der Waals surface area contributed by atoms with E-state index in [-0.39, 0.29) is 17.9 Å². The van der Waals surface area contributed by atoms with Crippen LogP contribution in [0.25, 0.3) is 0 Å². The van der Waals surface area contributed by atoms with Gasteiger partial charge in [0, 0.05) is 12.1 Å². The molecule has 0 aliphatic carbocycles. The zero-order valence-electron chi connectivity index (χ0n) is 18.5. The van der Waals surface area contributed by atoms with E-state index in [0.717, 1.165) is 0 Å². The van der Waals surface area contributed by atoms with Crippen LogP contribution in [0.15, 0.2) is 35.6 Å². The van der Waals surface area contributed by atoms with Crippen molar-refractivity contribution in [3.63, 3.8) is 0 Å². The minimum Gasteiger partial charge on any atom is -0.462 e. The van der Waals surface area contributed by atoms with Crippen molar-refractivity contribution in [2.45, 2.75) is 58.5 Å². The van der Waals surface area contributed by atoms with Crippen LogP contribution in [0.1, 0.15) is 53.0 Å². The van der Waals surface area contributed by atoms with Gasteiger partial charge in [0.05, 0.1) is 12.2 Å². The summed E-state index contributed by atoms with van der Waals surface area (Å²) in [6, 6.07) is 6.82. The number of amides is 1. The van der Waals surface area contributed by atoms with Gasteiger partial charge in [-0.05, 0) is 45.7 Å². The van der Waals surface area contributed by atoms with Crippen LogP contribution < -0.4 is 5.32 Å². The van der Waals surface area contributed by atoms with E-state index in [1.807, 2.05) is 6.92 Å². The first-order valence-electron chi connectivity index (χ1n) is 10.4. The van der Waals surface area contributed by atoms with Crippen molar-refractivity contribution in [1.82, 2.24) is 0 Å². The lowest BCUT2D eigenvalue weighted by molar-refractivity contribution is -0.161. The molecule has 1 aromatic carbocycles. The zero-order chi connectivity index (χ0) is 23.0. The van der Waals surface area contributed by atoms with Crippen LogP contribution in [0.2, 0.25) is 0 Å². The van der Waals surface area contributed by atoms with Crippen LogP contribution in [0.4, 0.5) is 5.69 Å². The molecule has 2 unspecified atom stereocenters. The number of nitrogens with one attached hydrogen (secondary N) is 2. The quantitative estimate of drug-likeness (QED) is 0.694. The number of ether oxygens (including phenoxy) is 3. The molecular formula is C23H28N2O6. The van der Waals surface area contributed by atoms with E-state index in [2.05, 4.69) is 5.32 Å². The van der Waals surface area contributed by atoms with Crippen LogP contribution in [-0.2, 0) is 34.0 Å². The van der Waals surface area contributed by atoms with Gasteiger partial charge in [-0.2, -0.15) is 0 Å². The second-order valence-corrected chi connectivity index (χ2v) is 8.51. The van der Waals surface area contributed by atoms with Gasteiger partial charge in [0.2, 0.25) is 11.8 Å². The number of rotatable bonds is 5. The van der Waals surface area contributed by atoms with Gasteiger partial charge in [-0.25, -0.2) is 4.79 Å². The first-order valence-corrected chi connectivity index (χ1v) is 10.4. The molecule has 0 aromatic heterocycles. The number of para-hydroxylation sites is 1. The summed E-state index contributed by atoms with van der Waals surface area (Å²) in [5.74, 6) is -3.90. The Morgan fingerprint density at radius 1 is 1.23 bits per heavy atom. The van der Waals surface area contributed by atoms with Crippen LogP contribution in [-0.4, -0.2) is 36.0 Å². The van der Waals surface area contributed by atoms with Crippen molar-refractivity contribution in [2.24, 2.45) is 5.92 Å². The molecule has 1 spiro atoms. The van der Waals surface area contributed by atoms with Gasteiger partial charge in [-0.15, -0.1) is 0 Å². The minimum atomic E-state index is -1.81. The third kappa shape index (κ3) is 3.71. The van der Waals surface area contributed by atoms with E-state index < -0.39 is 40.7 Å². The van der Waals surface area contributed by atoms with Crippen molar-refractivity contribution in [3.8, 4) is 0 Å². The summed E-state index contributed by atoms with van der Waals surface area (Å²) < 4.78 is 16.5. The van der Waals surface area contributed by atoms with Crippen molar-refractivity contribution < 1.29 is 28.6 Å². The van der Waals surface area contributed by atoms with Crippen molar-refractivity contribution in [2.75, 3.05) is 11.9 Å². The molecule has 2 aliphatic rings. The summed E-state index contributed by atoms with van der Waals surface area (Å²) in [5.41, 5.74) is -1.85. The fourth-order valence-electron chi connectivity index (χ4n) is 4.14. The van der Waals surface area contributed by atoms with E-state index in [9.17, 15) is 14.4 Å². The number of hydrogen-bond acceptors (Lipinski definition) is 7. The fraction of sp³-hybridized carbons (Fsp3) is 0.478. The Hall–Kier alpha value is -3.16. The van der Waals surface area contributed by atoms with E-state index in [1.165, 1.54) is 0 Å². The molecule has 0 saturated heterocycles. The van der Waals surface area contributed by atoms with E-state index >= 15 is 0 Å². The molecule has 0 bridgehead atoms. The van der Waals surface area contributed by atoms with E-state index in [0.29, 0.717) is 24.1 Å². The molecule has 8 nitrogen and oxygen atoms in total. The van der Waals surface area contributed by atoms with Gasteiger partial charge in [-0.1, -0.05) is 25.1 Å². The smallest absolute Gasteiger partial charge is 0.338 e. The highest BCUT2D eigenvalue weighted by Crippen LogP contribution is 2.53. The Balaban J connectivity index is 2.36. The number of esters is 2. The Morgan fingerprint density at radius 2 is 1.90 bits per heavy atom. The second-order valence-electron chi connectivity index (χ2n) is 8.51. The Morgan fingerprint density at radius 3 is 2.52 bits per heavy atom. The monoisotopic (exact) mass is 428 g/mol. The number of hydrogen-bond donors (Lipinski definition) is 2. The predicted octanol–water partition coefficient (Wildman–Crippen LogP) is 3.46. The average molecular weight is 428 g/mol. The van der Waals surface area contributed by atoms with Gasteiger partial charge >= 0.3 is 11.9 Å². The third-order valence-electron chi connectivity index (χ3n) is 5.16. The third-order valence-corrected chi connectivity index (χ3v) is 5.16. The van der Waals surface area contributed by atoms with E-state index in [1.54, 1.807) is 52.0 Å². The molecule has 0 fully saturated rings. The molecule has 2 aliphatic heterocycles. The van der Waals surface area contributed by atoms with Crippen LogP contribution >= 0.6 is 0 Å². The maximum atomic E-state index is 13.6. The maximum Gasteiger partial charge on any atom is 0.338 e. The minimum absolute atomic E-state index is 0.0505. The van der Waals surface area contributed by atoms with Gasteiger partial charge in [0.1, 0.15) is 16.8 Å². The van der Waals surface area contributed by atoms with E-state index in [4.69, 9.17) is 19.6 Å². The SMILES string of the molecule is CCCC1=C(C(=O)OCC)C2(C(=O)Nc3ccccc32)C(C(=O)OC(C)(C)C)C(=N)O1. The predicted molar refractivity (Wildman–Crippen MR) is 113 cm³/mol. The first-order chi connectivity index (χ1) is 14.6. The molecule has 0 radical (unpaired) electrons. The summed E-state index contributed by atoms with van der Waals surface area (Å²) in [6.07, 6.45) is 0.900. The summed E-state index contributed by atoms with van der Waals surface area (Å²) in [7, 11) is 0. The number of anilines is 1. The number of carbonyl (C=O) groups is 3. The Labute approximate surface area is 181 Å². The standard InChI is InChI=1S/C23H28N2O6/c1-6-10-15-16(19(26)29-7-2)23(13-11-8-9-12-14(13)25-21(23)28)17(18(24)30-15)20(27)31-22(3,4)5/h8-9,11-12,17,24H,6-7,10H2,1-5H3,(H,25,28). The molecule has 2 heterocycles. The summed E-state index contributed by atoms with van der Waals surface area (Å²) in [5, 5.41) is 11.3. The summed E-state index contributed by atoms with van der Waals surface area (Å²) in [4.78, 5) is 40.1. The molecule has 3 rings (SSSR count). The van der Waals surface area contributed by atoms with Crippen molar-refractivity contribution in [1.29, 1.82) is 5.41 Å². The molecule has 2 N–H and O–H groups in total. The van der Waals surface area contributed by atoms with Gasteiger partial charge in [0.15, 0.2) is 5.92 Å². The molecular weight excluding hydrogens is 400 g/mol. The zero-order valence-corrected chi connectivity index (χ0v) is 18.5. The van der Waals surface area contributed by atoms with Crippen LogP contribution in [0.3, 0.4) is 0 Å². The van der Waals surface area contributed by atoms with Gasteiger partial charge < -0.3 is 19.5 Å². The fourth-order valence-corrected chi connectivity index (χ4v) is 4.14. The second kappa shape index (κ2) is 8.17. The number of allylic oxidation sites excluding steroid dienone is 1. The maximum absolute atomic E-state index is 13.6. The number of fused-ring (bicyclic) bond motifs is 2. The highest BCUT2D eigenvalue weighted by atomic mass is 16.6.